The molecule has 2 rings (SSSR count). The summed E-state index contributed by atoms with van der Waals surface area (Å²) in [5.41, 5.74) is 4.43. The minimum Gasteiger partial charge on any atom is -0.268 e. The molecule has 0 saturated heterocycles. The second-order valence-electron chi connectivity index (χ2n) is 3.26. The van der Waals surface area contributed by atoms with Gasteiger partial charge in [0.15, 0.2) is 8.80 Å². The van der Waals surface area contributed by atoms with E-state index in [1.54, 1.807) is 6.33 Å². The molecule has 2 aromatic rings. The first-order valence-corrected chi connectivity index (χ1v) is 6.86. The van der Waals surface area contributed by atoms with E-state index >= 15 is 0 Å². The Labute approximate surface area is 90.5 Å². The zero-order valence-corrected chi connectivity index (χ0v) is 9.51. The van der Waals surface area contributed by atoms with Crippen LogP contribution < -0.4 is 5.45 Å². The highest BCUT2D eigenvalue weighted by molar-refractivity contribution is 6.75. The summed E-state index contributed by atoms with van der Waals surface area (Å²) < 4.78 is 0. The van der Waals surface area contributed by atoms with E-state index in [1.165, 1.54) is 5.56 Å². The fourth-order valence-electron chi connectivity index (χ4n) is 1.26. The third-order valence-electron chi connectivity index (χ3n) is 2.11. The number of aromatic nitrogens is 3. The molecule has 3 nitrogen and oxygen atoms in total. The van der Waals surface area contributed by atoms with Gasteiger partial charge in [0.1, 0.15) is 11.8 Å². The van der Waals surface area contributed by atoms with Crippen LogP contribution in [-0.4, -0.2) is 24.0 Å². The Morgan fingerprint density at radius 1 is 1.27 bits per heavy atom. The van der Waals surface area contributed by atoms with Gasteiger partial charge in [0, 0.05) is 0 Å². The Kier molecular flexibility index (Phi) is 3.09. The van der Waals surface area contributed by atoms with E-state index < -0.39 is 8.80 Å². The summed E-state index contributed by atoms with van der Waals surface area (Å²) in [4.78, 5) is 4.16. The first-order valence-electron chi connectivity index (χ1n) is 4.78. The fourth-order valence-corrected chi connectivity index (χ4v) is 2.36. The van der Waals surface area contributed by atoms with Crippen LogP contribution in [0.2, 0.25) is 6.55 Å². The number of nitrogens with zero attached hydrogens (tertiary/aromatic N) is 2. The molecule has 1 aromatic carbocycles. The van der Waals surface area contributed by atoms with Crippen LogP contribution in [-0.2, 0) is 0 Å². The predicted octanol–water partition coefficient (Wildman–Crippen LogP) is 1.39. The van der Waals surface area contributed by atoms with Crippen molar-refractivity contribution in [2.45, 2.75) is 6.55 Å². The summed E-state index contributed by atoms with van der Waals surface area (Å²) in [7, 11) is -0.732. The van der Waals surface area contributed by atoms with E-state index in [4.69, 9.17) is 0 Å². The third kappa shape index (κ3) is 2.63. The van der Waals surface area contributed by atoms with Crippen LogP contribution in [0.4, 0.5) is 0 Å². The van der Waals surface area contributed by atoms with Gasteiger partial charge in [-0.05, 0) is 5.56 Å². The van der Waals surface area contributed by atoms with E-state index in [0.29, 0.717) is 0 Å². The fraction of sp³-hybridized carbons (Fsp3) is 0.0909. The SMILES string of the molecule is C[Si](C=Cc1ccccc1)c1ncn[nH]1. The van der Waals surface area contributed by atoms with Gasteiger partial charge in [-0.2, -0.15) is 5.10 Å². The molecule has 0 unspecified atom stereocenters. The van der Waals surface area contributed by atoms with E-state index in [-0.39, 0.29) is 0 Å². The Balaban J connectivity index is 2.06. The highest BCUT2D eigenvalue weighted by atomic mass is 28.3. The van der Waals surface area contributed by atoms with Gasteiger partial charge in [-0.15, -0.1) is 0 Å². The van der Waals surface area contributed by atoms with E-state index in [2.05, 4.69) is 45.6 Å². The topological polar surface area (TPSA) is 41.6 Å². The molecular weight excluding hydrogens is 202 g/mol. The third-order valence-corrected chi connectivity index (χ3v) is 3.77. The van der Waals surface area contributed by atoms with Gasteiger partial charge in [0.2, 0.25) is 0 Å². The predicted molar refractivity (Wildman–Crippen MR) is 63.1 cm³/mol. The van der Waals surface area contributed by atoms with Crippen molar-refractivity contribution in [2.24, 2.45) is 0 Å². The number of aromatic amines is 1. The summed E-state index contributed by atoms with van der Waals surface area (Å²) in [5.74, 6) is 0. The van der Waals surface area contributed by atoms with Crippen molar-refractivity contribution in [3.05, 3.63) is 47.9 Å². The normalized spacial score (nSPS) is 11.3. The van der Waals surface area contributed by atoms with Crippen molar-refractivity contribution in [1.82, 2.24) is 15.2 Å². The maximum atomic E-state index is 4.16. The van der Waals surface area contributed by atoms with E-state index in [1.807, 2.05) is 18.2 Å². The molecule has 0 amide bonds. The van der Waals surface area contributed by atoms with Crippen molar-refractivity contribution >= 4 is 20.3 Å². The molecule has 0 aliphatic rings. The number of rotatable bonds is 3. The molecule has 0 bridgehead atoms. The summed E-state index contributed by atoms with van der Waals surface area (Å²) in [5, 5.41) is 6.76. The van der Waals surface area contributed by atoms with Crippen molar-refractivity contribution < 1.29 is 0 Å². The van der Waals surface area contributed by atoms with Gasteiger partial charge < -0.3 is 0 Å². The van der Waals surface area contributed by atoms with E-state index in [0.717, 1.165) is 5.45 Å². The number of nitrogens with one attached hydrogen (secondary N) is 1. The lowest BCUT2D eigenvalue weighted by Crippen LogP contribution is -2.28. The standard InChI is InChI=1S/C11H12N3Si/c1-15(11-12-9-13-14-11)8-7-10-5-3-2-4-6-10/h2-9H,1H3,(H,12,13,14). The molecule has 1 N–H and O–H groups in total. The summed E-state index contributed by atoms with van der Waals surface area (Å²) in [6.45, 7) is 2.19. The number of hydrogen-bond donors (Lipinski definition) is 1. The van der Waals surface area contributed by atoms with Crippen molar-refractivity contribution in [3.63, 3.8) is 0 Å². The Morgan fingerprint density at radius 3 is 2.73 bits per heavy atom. The minimum absolute atomic E-state index is 0.732. The first kappa shape index (κ1) is 9.86. The maximum absolute atomic E-state index is 4.16. The van der Waals surface area contributed by atoms with Crippen molar-refractivity contribution in [2.75, 3.05) is 0 Å². The number of hydrogen-bond acceptors (Lipinski definition) is 2. The second kappa shape index (κ2) is 4.70. The largest absolute Gasteiger partial charge is 0.268 e. The highest BCUT2D eigenvalue weighted by Gasteiger charge is 2.05. The molecule has 0 fully saturated rings. The van der Waals surface area contributed by atoms with Crippen LogP contribution in [0.15, 0.2) is 42.4 Å². The zero-order valence-electron chi connectivity index (χ0n) is 8.51. The summed E-state index contributed by atoms with van der Waals surface area (Å²) in [6, 6.07) is 10.3. The molecule has 15 heavy (non-hydrogen) atoms. The molecule has 1 radical (unpaired) electrons. The van der Waals surface area contributed by atoms with Gasteiger partial charge in [0.05, 0.1) is 0 Å². The quantitative estimate of drug-likeness (QED) is 0.784. The first-order chi connectivity index (χ1) is 7.36. The van der Waals surface area contributed by atoms with Crippen molar-refractivity contribution in [3.8, 4) is 0 Å². The Bertz CT molecular complexity index is 422. The molecular formula is C11H12N3Si. The molecule has 4 heteroatoms. The average Bonchev–Trinajstić information content (AvgIpc) is 2.81. The molecule has 0 spiro atoms. The van der Waals surface area contributed by atoms with Crippen LogP contribution in [0.5, 0.6) is 0 Å². The van der Waals surface area contributed by atoms with Crippen LogP contribution in [0.1, 0.15) is 5.56 Å². The van der Waals surface area contributed by atoms with Crippen LogP contribution in [0.3, 0.4) is 0 Å². The Morgan fingerprint density at radius 2 is 2.07 bits per heavy atom. The van der Waals surface area contributed by atoms with Gasteiger partial charge in [-0.3, -0.25) is 5.10 Å². The van der Waals surface area contributed by atoms with Crippen molar-refractivity contribution in [1.29, 1.82) is 0 Å². The van der Waals surface area contributed by atoms with Crippen LogP contribution in [0, 0.1) is 0 Å². The smallest absolute Gasteiger partial charge is 0.159 e. The Hall–Kier alpha value is -1.68. The molecule has 0 aliphatic carbocycles. The summed E-state index contributed by atoms with van der Waals surface area (Å²) in [6.07, 6.45) is 3.69. The second-order valence-corrected chi connectivity index (χ2v) is 5.43. The van der Waals surface area contributed by atoms with Gasteiger partial charge >= 0.3 is 0 Å². The number of benzene rings is 1. The average molecular weight is 214 g/mol. The number of H-pyrrole nitrogens is 1. The molecule has 0 aliphatic heterocycles. The summed E-state index contributed by atoms with van der Waals surface area (Å²) >= 11 is 0. The molecule has 0 atom stereocenters. The zero-order chi connectivity index (χ0) is 10.5. The van der Waals surface area contributed by atoms with E-state index in [9.17, 15) is 0 Å². The maximum Gasteiger partial charge on any atom is 0.159 e. The molecule has 0 saturated carbocycles. The van der Waals surface area contributed by atoms with Crippen LogP contribution >= 0.6 is 0 Å². The lowest BCUT2D eigenvalue weighted by atomic mass is 10.2. The minimum atomic E-state index is -0.732. The van der Waals surface area contributed by atoms with Gasteiger partial charge in [-0.25, -0.2) is 4.98 Å². The van der Waals surface area contributed by atoms with Crippen LogP contribution in [0.25, 0.3) is 6.08 Å². The molecule has 1 heterocycles. The van der Waals surface area contributed by atoms with Gasteiger partial charge in [0.25, 0.3) is 0 Å². The lowest BCUT2D eigenvalue weighted by molar-refractivity contribution is 1.11. The monoisotopic (exact) mass is 214 g/mol. The molecule has 75 valence electrons. The molecule has 1 aromatic heterocycles. The lowest BCUT2D eigenvalue weighted by Gasteiger charge is -1.97. The van der Waals surface area contributed by atoms with Gasteiger partial charge in [-0.1, -0.05) is 48.7 Å². The highest BCUT2D eigenvalue weighted by Crippen LogP contribution is 2.01.